The predicted octanol–water partition coefficient (Wildman–Crippen LogP) is 1.93. The van der Waals surface area contributed by atoms with Gasteiger partial charge in [0.05, 0.1) is 12.4 Å². The molecule has 0 saturated carbocycles. The molecule has 3 nitrogen and oxygen atoms in total. The second-order valence-electron chi connectivity index (χ2n) is 3.24. The molecule has 0 unspecified atom stereocenters. The second kappa shape index (κ2) is 3.64. The Balaban J connectivity index is 2.41. The maximum Gasteiger partial charge on any atom is 0.0991 e. The number of aliphatic hydroxyl groups excluding tert-OH is 1. The van der Waals surface area contributed by atoms with Crippen molar-refractivity contribution in [2.75, 3.05) is 0 Å². The van der Waals surface area contributed by atoms with E-state index < -0.39 is 6.10 Å². The minimum atomic E-state index is -0.432. The lowest BCUT2D eigenvalue weighted by Crippen LogP contribution is -1.95. The summed E-state index contributed by atoms with van der Waals surface area (Å²) in [4.78, 5) is 3.97. The normalized spacial score (nSPS) is 12.7. The third-order valence-electron chi connectivity index (χ3n) is 2.16. The van der Waals surface area contributed by atoms with Crippen LogP contribution in [0.25, 0.3) is 5.69 Å². The number of rotatable bonds is 2. The molecular formula is C11H12N2O. The van der Waals surface area contributed by atoms with Crippen LogP contribution in [0.2, 0.25) is 0 Å². The van der Waals surface area contributed by atoms with Gasteiger partial charge < -0.3 is 9.67 Å². The highest BCUT2D eigenvalue weighted by molar-refractivity contribution is 5.36. The highest BCUT2D eigenvalue weighted by Gasteiger charge is 2.01. The van der Waals surface area contributed by atoms with Gasteiger partial charge in [0.15, 0.2) is 0 Å². The monoisotopic (exact) mass is 188 g/mol. The topological polar surface area (TPSA) is 38.0 Å². The highest BCUT2D eigenvalue weighted by atomic mass is 16.3. The van der Waals surface area contributed by atoms with E-state index in [2.05, 4.69) is 4.98 Å². The molecule has 2 rings (SSSR count). The van der Waals surface area contributed by atoms with Gasteiger partial charge in [-0.1, -0.05) is 12.1 Å². The van der Waals surface area contributed by atoms with Gasteiger partial charge in [-0.25, -0.2) is 4.98 Å². The summed E-state index contributed by atoms with van der Waals surface area (Å²) in [7, 11) is 0. The molecule has 0 aliphatic rings. The number of aromatic nitrogens is 2. The fourth-order valence-electron chi connectivity index (χ4n) is 1.36. The Morgan fingerprint density at radius 3 is 2.93 bits per heavy atom. The third-order valence-corrected chi connectivity index (χ3v) is 2.16. The first-order chi connectivity index (χ1) is 6.77. The van der Waals surface area contributed by atoms with Crippen molar-refractivity contribution >= 4 is 0 Å². The van der Waals surface area contributed by atoms with Crippen molar-refractivity contribution in [1.82, 2.24) is 9.55 Å². The lowest BCUT2D eigenvalue weighted by molar-refractivity contribution is 0.199. The van der Waals surface area contributed by atoms with Gasteiger partial charge in [-0.2, -0.15) is 0 Å². The van der Waals surface area contributed by atoms with E-state index in [1.807, 2.05) is 35.0 Å². The molecule has 1 aromatic heterocycles. The van der Waals surface area contributed by atoms with Crippen LogP contribution >= 0.6 is 0 Å². The van der Waals surface area contributed by atoms with Gasteiger partial charge in [0.25, 0.3) is 0 Å². The van der Waals surface area contributed by atoms with Gasteiger partial charge in [0.1, 0.15) is 0 Å². The molecule has 0 amide bonds. The molecule has 0 fully saturated rings. The molecule has 3 heteroatoms. The summed E-state index contributed by atoms with van der Waals surface area (Å²) < 4.78 is 1.91. The zero-order chi connectivity index (χ0) is 9.97. The van der Waals surface area contributed by atoms with Crippen molar-refractivity contribution in [3.63, 3.8) is 0 Å². The van der Waals surface area contributed by atoms with Crippen LogP contribution in [0.1, 0.15) is 18.6 Å². The molecule has 1 N–H and O–H groups in total. The van der Waals surface area contributed by atoms with E-state index in [9.17, 15) is 5.11 Å². The highest BCUT2D eigenvalue weighted by Crippen LogP contribution is 2.15. The SMILES string of the molecule is C[C@H](O)c1cccc(-n2ccnc2)c1. The smallest absolute Gasteiger partial charge is 0.0991 e. The Hall–Kier alpha value is -1.61. The average Bonchev–Trinajstić information content (AvgIpc) is 2.71. The Morgan fingerprint density at radius 2 is 2.29 bits per heavy atom. The molecule has 0 saturated heterocycles. The Kier molecular flexibility index (Phi) is 2.33. The summed E-state index contributed by atoms with van der Waals surface area (Å²) in [5, 5.41) is 9.42. The van der Waals surface area contributed by atoms with E-state index in [1.54, 1.807) is 19.4 Å². The van der Waals surface area contributed by atoms with Gasteiger partial charge in [-0.3, -0.25) is 0 Å². The fraction of sp³-hybridized carbons (Fsp3) is 0.182. The number of benzene rings is 1. The minimum Gasteiger partial charge on any atom is -0.389 e. The van der Waals surface area contributed by atoms with Gasteiger partial charge >= 0.3 is 0 Å². The molecule has 1 heterocycles. The molecule has 0 bridgehead atoms. The molecule has 0 radical (unpaired) electrons. The number of nitrogens with zero attached hydrogens (tertiary/aromatic N) is 2. The van der Waals surface area contributed by atoms with E-state index in [4.69, 9.17) is 0 Å². The number of aliphatic hydroxyl groups is 1. The van der Waals surface area contributed by atoms with Crippen molar-refractivity contribution in [1.29, 1.82) is 0 Å². The maximum absolute atomic E-state index is 9.42. The quantitative estimate of drug-likeness (QED) is 0.782. The molecule has 1 atom stereocenters. The third kappa shape index (κ3) is 1.67. The zero-order valence-corrected chi connectivity index (χ0v) is 7.96. The summed E-state index contributed by atoms with van der Waals surface area (Å²) in [5.41, 5.74) is 1.93. The Morgan fingerprint density at radius 1 is 1.43 bits per heavy atom. The van der Waals surface area contributed by atoms with Crippen molar-refractivity contribution in [2.45, 2.75) is 13.0 Å². The van der Waals surface area contributed by atoms with Gasteiger partial charge in [-0.15, -0.1) is 0 Å². The van der Waals surface area contributed by atoms with Crippen LogP contribution in [0.4, 0.5) is 0 Å². The fourth-order valence-corrected chi connectivity index (χ4v) is 1.36. The first-order valence-corrected chi connectivity index (χ1v) is 4.54. The molecule has 0 aliphatic heterocycles. The van der Waals surface area contributed by atoms with Crippen molar-refractivity contribution in [3.05, 3.63) is 48.5 Å². The van der Waals surface area contributed by atoms with Crippen molar-refractivity contribution in [3.8, 4) is 5.69 Å². The first kappa shape index (κ1) is 8.97. The number of hydrogen-bond donors (Lipinski definition) is 1. The van der Waals surface area contributed by atoms with Crippen LogP contribution in [-0.2, 0) is 0 Å². The van der Waals surface area contributed by atoms with Gasteiger partial charge in [0, 0.05) is 18.1 Å². The van der Waals surface area contributed by atoms with Crippen LogP contribution in [0, 0.1) is 0 Å². The summed E-state index contributed by atoms with van der Waals surface area (Å²) in [6.07, 6.45) is 4.91. The predicted molar refractivity (Wildman–Crippen MR) is 54.2 cm³/mol. The molecule has 1 aromatic carbocycles. The lowest BCUT2D eigenvalue weighted by Gasteiger charge is -2.07. The summed E-state index contributed by atoms with van der Waals surface area (Å²) in [5.74, 6) is 0. The van der Waals surface area contributed by atoms with Gasteiger partial charge in [-0.05, 0) is 24.6 Å². The van der Waals surface area contributed by atoms with Crippen LogP contribution in [0.5, 0.6) is 0 Å². The average molecular weight is 188 g/mol. The van der Waals surface area contributed by atoms with E-state index in [-0.39, 0.29) is 0 Å². The standard InChI is InChI=1S/C11H12N2O/c1-9(14)10-3-2-4-11(7-10)13-6-5-12-8-13/h2-9,14H,1H3/t9-/m0/s1. The molecule has 14 heavy (non-hydrogen) atoms. The molecule has 2 aromatic rings. The first-order valence-electron chi connectivity index (χ1n) is 4.54. The van der Waals surface area contributed by atoms with E-state index in [1.165, 1.54) is 0 Å². The maximum atomic E-state index is 9.42. The Labute approximate surface area is 82.7 Å². The van der Waals surface area contributed by atoms with E-state index in [0.717, 1.165) is 11.3 Å². The summed E-state index contributed by atoms with van der Waals surface area (Å²) >= 11 is 0. The molecule has 0 aliphatic carbocycles. The van der Waals surface area contributed by atoms with Crippen LogP contribution in [0.15, 0.2) is 43.0 Å². The van der Waals surface area contributed by atoms with Crippen molar-refractivity contribution in [2.24, 2.45) is 0 Å². The molecular weight excluding hydrogens is 176 g/mol. The van der Waals surface area contributed by atoms with E-state index in [0.29, 0.717) is 0 Å². The van der Waals surface area contributed by atoms with Crippen LogP contribution in [-0.4, -0.2) is 14.7 Å². The minimum absolute atomic E-state index is 0.432. The Bertz CT molecular complexity index is 407. The van der Waals surface area contributed by atoms with E-state index >= 15 is 0 Å². The van der Waals surface area contributed by atoms with Crippen LogP contribution in [0.3, 0.4) is 0 Å². The molecule has 72 valence electrons. The number of imidazole rings is 1. The number of hydrogen-bond acceptors (Lipinski definition) is 2. The zero-order valence-electron chi connectivity index (χ0n) is 7.96. The molecule has 0 spiro atoms. The second-order valence-corrected chi connectivity index (χ2v) is 3.24. The van der Waals surface area contributed by atoms with Crippen molar-refractivity contribution < 1.29 is 5.11 Å². The van der Waals surface area contributed by atoms with Crippen LogP contribution < -0.4 is 0 Å². The van der Waals surface area contributed by atoms with Gasteiger partial charge in [0.2, 0.25) is 0 Å². The summed E-state index contributed by atoms with van der Waals surface area (Å²) in [6, 6.07) is 7.77. The lowest BCUT2D eigenvalue weighted by atomic mass is 10.1. The largest absolute Gasteiger partial charge is 0.389 e. The summed E-state index contributed by atoms with van der Waals surface area (Å²) in [6.45, 7) is 1.76.